The van der Waals surface area contributed by atoms with Gasteiger partial charge in [0.25, 0.3) is 0 Å². The molecular formula is C16H26N2. The molecular weight excluding hydrogens is 220 g/mol. The van der Waals surface area contributed by atoms with Crippen LogP contribution in [-0.4, -0.2) is 18.1 Å². The van der Waals surface area contributed by atoms with E-state index < -0.39 is 0 Å². The van der Waals surface area contributed by atoms with Crippen molar-refractivity contribution in [3.63, 3.8) is 0 Å². The molecule has 1 aliphatic rings. The summed E-state index contributed by atoms with van der Waals surface area (Å²) in [5.41, 5.74) is 7.38. The number of hydrogen-bond acceptors (Lipinski definition) is 2. The Kier molecular flexibility index (Phi) is 5.21. The Morgan fingerprint density at radius 2 is 1.83 bits per heavy atom. The van der Waals surface area contributed by atoms with E-state index in [1.54, 1.807) is 0 Å². The van der Waals surface area contributed by atoms with Gasteiger partial charge in [0.05, 0.1) is 0 Å². The summed E-state index contributed by atoms with van der Waals surface area (Å²) in [6, 6.07) is 12.5. The molecule has 2 nitrogen and oxygen atoms in total. The average Bonchev–Trinajstić information content (AvgIpc) is 2.40. The van der Waals surface area contributed by atoms with Gasteiger partial charge in [-0.2, -0.15) is 0 Å². The maximum Gasteiger partial charge on any atom is 0.00706 e. The summed E-state index contributed by atoms with van der Waals surface area (Å²) in [4.78, 5) is 0. The summed E-state index contributed by atoms with van der Waals surface area (Å²) in [6.07, 6.45) is 7.24. The van der Waals surface area contributed by atoms with Gasteiger partial charge in [-0.1, -0.05) is 30.3 Å². The van der Waals surface area contributed by atoms with Gasteiger partial charge in [-0.3, -0.25) is 0 Å². The van der Waals surface area contributed by atoms with Gasteiger partial charge in [0.1, 0.15) is 0 Å². The van der Waals surface area contributed by atoms with E-state index in [4.69, 9.17) is 5.73 Å². The molecule has 2 heteroatoms. The highest BCUT2D eigenvalue weighted by molar-refractivity contribution is 5.14. The van der Waals surface area contributed by atoms with Crippen LogP contribution in [0.1, 0.15) is 44.6 Å². The first-order chi connectivity index (χ1) is 8.74. The molecule has 0 aromatic heterocycles. The van der Waals surface area contributed by atoms with Gasteiger partial charge in [-0.25, -0.2) is 0 Å². The minimum atomic E-state index is 0.447. The Bertz CT molecular complexity index is 328. The average molecular weight is 246 g/mol. The molecule has 1 atom stereocenters. The third kappa shape index (κ3) is 4.43. The van der Waals surface area contributed by atoms with Crippen LogP contribution in [0, 0.1) is 0 Å². The van der Waals surface area contributed by atoms with Gasteiger partial charge in [0, 0.05) is 18.1 Å². The highest BCUT2D eigenvalue weighted by Crippen LogP contribution is 2.18. The Hall–Kier alpha value is -0.860. The summed E-state index contributed by atoms with van der Waals surface area (Å²) in [7, 11) is 0. The Morgan fingerprint density at radius 3 is 2.50 bits per heavy atom. The van der Waals surface area contributed by atoms with Crippen LogP contribution in [-0.2, 0) is 6.42 Å². The number of hydrogen-bond donors (Lipinski definition) is 2. The van der Waals surface area contributed by atoms with Gasteiger partial charge in [-0.15, -0.1) is 0 Å². The molecule has 1 fully saturated rings. The lowest BCUT2D eigenvalue weighted by Gasteiger charge is -2.29. The lowest BCUT2D eigenvalue weighted by atomic mass is 9.91. The largest absolute Gasteiger partial charge is 0.328 e. The van der Waals surface area contributed by atoms with Gasteiger partial charge in [0.15, 0.2) is 0 Å². The third-order valence-electron chi connectivity index (χ3n) is 4.00. The molecule has 1 aliphatic carbocycles. The fourth-order valence-electron chi connectivity index (χ4n) is 2.80. The molecule has 1 saturated carbocycles. The molecule has 1 unspecified atom stereocenters. The van der Waals surface area contributed by atoms with Gasteiger partial charge in [0.2, 0.25) is 0 Å². The molecule has 0 amide bonds. The van der Waals surface area contributed by atoms with E-state index in [1.165, 1.54) is 44.1 Å². The highest BCUT2D eigenvalue weighted by Gasteiger charge is 2.19. The van der Waals surface area contributed by atoms with E-state index in [2.05, 4.69) is 42.6 Å². The van der Waals surface area contributed by atoms with E-state index in [9.17, 15) is 0 Å². The zero-order chi connectivity index (χ0) is 12.8. The number of aryl methyl sites for hydroxylation is 1. The first-order valence-corrected chi connectivity index (χ1v) is 7.29. The monoisotopic (exact) mass is 246 g/mol. The topological polar surface area (TPSA) is 38.0 Å². The van der Waals surface area contributed by atoms with E-state index >= 15 is 0 Å². The minimum absolute atomic E-state index is 0.447. The maximum atomic E-state index is 5.93. The van der Waals surface area contributed by atoms with Crippen LogP contribution in [0.15, 0.2) is 30.3 Å². The van der Waals surface area contributed by atoms with Crippen molar-refractivity contribution in [3.8, 4) is 0 Å². The molecule has 0 bridgehead atoms. The fraction of sp³-hybridized carbons (Fsp3) is 0.625. The second-order valence-corrected chi connectivity index (χ2v) is 5.70. The van der Waals surface area contributed by atoms with Gasteiger partial charge in [-0.05, 0) is 51.0 Å². The molecule has 0 saturated heterocycles. The first kappa shape index (κ1) is 13.6. The lowest BCUT2D eigenvalue weighted by Crippen LogP contribution is -2.41. The van der Waals surface area contributed by atoms with Gasteiger partial charge >= 0.3 is 0 Å². The van der Waals surface area contributed by atoms with E-state index in [0.29, 0.717) is 18.1 Å². The van der Waals surface area contributed by atoms with Crippen molar-refractivity contribution in [2.45, 2.75) is 63.6 Å². The van der Waals surface area contributed by atoms with Crippen molar-refractivity contribution < 1.29 is 0 Å². The van der Waals surface area contributed by atoms with E-state index in [-0.39, 0.29) is 0 Å². The molecule has 1 aromatic carbocycles. The Balaban J connectivity index is 1.67. The van der Waals surface area contributed by atoms with Crippen LogP contribution in [0.3, 0.4) is 0 Å². The van der Waals surface area contributed by atoms with Crippen molar-refractivity contribution in [3.05, 3.63) is 35.9 Å². The molecule has 100 valence electrons. The zero-order valence-electron chi connectivity index (χ0n) is 11.4. The second kappa shape index (κ2) is 6.91. The minimum Gasteiger partial charge on any atom is -0.328 e. The van der Waals surface area contributed by atoms with Crippen molar-refractivity contribution in [2.24, 2.45) is 5.73 Å². The number of rotatable bonds is 5. The van der Waals surface area contributed by atoms with Crippen LogP contribution in [0.2, 0.25) is 0 Å². The van der Waals surface area contributed by atoms with E-state index in [0.717, 1.165) is 0 Å². The van der Waals surface area contributed by atoms with Crippen molar-refractivity contribution in [1.29, 1.82) is 0 Å². The zero-order valence-corrected chi connectivity index (χ0v) is 11.4. The predicted octanol–water partition coefficient (Wildman–Crippen LogP) is 2.87. The number of nitrogens with one attached hydrogen (secondary N) is 1. The molecule has 1 aromatic rings. The molecule has 2 rings (SSSR count). The molecule has 0 aliphatic heterocycles. The fourth-order valence-corrected chi connectivity index (χ4v) is 2.80. The van der Waals surface area contributed by atoms with Crippen LogP contribution in [0.25, 0.3) is 0 Å². The summed E-state index contributed by atoms with van der Waals surface area (Å²) in [5, 5.41) is 3.75. The Labute approximate surface area is 111 Å². The normalized spacial score (nSPS) is 25.9. The summed E-state index contributed by atoms with van der Waals surface area (Å²) >= 11 is 0. The van der Waals surface area contributed by atoms with Crippen LogP contribution < -0.4 is 11.1 Å². The predicted molar refractivity (Wildman–Crippen MR) is 77.6 cm³/mol. The second-order valence-electron chi connectivity index (χ2n) is 5.70. The van der Waals surface area contributed by atoms with Crippen molar-refractivity contribution in [1.82, 2.24) is 5.32 Å². The quantitative estimate of drug-likeness (QED) is 0.838. The standard InChI is InChI=1S/C16H26N2/c1-13(7-8-14-5-3-2-4-6-14)18-16-11-9-15(17)10-12-16/h2-6,13,15-16,18H,7-12,17H2,1H3. The third-order valence-corrected chi connectivity index (χ3v) is 4.00. The lowest BCUT2D eigenvalue weighted by molar-refractivity contribution is 0.314. The van der Waals surface area contributed by atoms with Crippen LogP contribution in [0.4, 0.5) is 0 Å². The van der Waals surface area contributed by atoms with Gasteiger partial charge < -0.3 is 11.1 Å². The smallest absolute Gasteiger partial charge is 0.00706 e. The molecule has 0 spiro atoms. The Morgan fingerprint density at radius 1 is 1.17 bits per heavy atom. The van der Waals surface area contributed by atoms with Crippen LogP contribution >= 0.6 is 0 Å². The molecule has 0 radical (unpaired) electrons. The highest BCUT2D eigenvalue weighted by atomic mass is 14.9. The number of benzene rings is 1. The summed E-state index contributed by atoms with van der Waals surface area (Å²) in [6.45, 7) is 2.30. The molecule has 18 heavy (non-hydrogen) atoms. The van der Waals surface area contributed by atoms with Crippen molar-refractivity contribution >= 4 is 0 Å². The summed E-state index contributed by atoms with van der Waals surface area (Å²) < 4.78 is 0. The SMILES string of the molecule is CC(CCc1ccccc1)NC1CCC(N)CC1. The van der Waals surface area contributed by atoms with Crippen molar-refractivity contribution in [2.75, 3.05) is 0 Å². The van der Waals surface area contributed by atoms with E-state index in [1.807, 2.05) is 0 Å². The maximum absolute atomic E-state index is 5.93. The molecule has 0 heterocycles. The summed E-state index contributed by atoms with van der Waals surface area (Å²) in [5.74, 6) is 0. The van der Waals surface area contributed by atoms with Crippen LogP contribution in [0.5, 0.6) is 0 Å². The molecule has 3 N–H and O–H groups in total. The number of nitrogens with two attached hydrogens (primary N) is 1. The first-order valence-electron chi connectivity index (χ1n) is 7.29.